The first-order chi connectivity index (χ1) is 8.58. The van der Waals surface area contributed by atoms with Crippen molar-refractivity contribution >= 4 is 5.69 Å². The van der Waals surface area contributed by atoms with Crippen molar-refractivity contribution in [3.05, 3.63) is 29.3 Å². The molecule has 0 unspecified atom stereocenters. The fourth-order valence-corrected chi connectivity index (χ4v) is 2.81. The van der Waals surface area contributed by atoms with Crippen molar-refractivity contribution in [3.63, 3.8) is 0 Å². The van der Waals surface area contributed by atoms with Crippen molar-refractivity contribution < 1.29 is 5.11 Å². The van der Waals surface area contributed by atoms with Gasteiger partial charge < -0.3 is 15.3 Å². The van der Waals surface area contributed by atoms with E-state index in [1.54, 1.807) is 0 Å². The van der Waals surface area contributed by atoms with Crippen LogP contribution in [0, 0.1) is 13.8 Å². The molecule has 0 aliphatic carbocycles. The number of aliphatic hydroxyl groups is 1. The minimum Gasteiger partial charge on any atom is -0.394 e. The molecule has 0 bridgehead atoms. The average Bonchev–Trinajstić information content (AvgIpc) is 2.38. The molecule has 1 fully saturated rings. The van der Waals surface area contributed by atoms with E-state index in [1.807, 2.05) is 7.05 Å². The third-order valence-electron chi connectivity index (χ3n) is 4.13. The van der Waals surface area contributed by atoms with Crippen LogP contribution in [0.15, 0.2) is 18.2 Å². The van der Waals surface area contributed by atoms with E-state index in [2.05, 4.69) is 42.3 Å². The van der Waals surface area contributed by atoms with Gasteiger partial charge in [0.25, 0.3) is 0 Å². The molecule has 1 saturated heterocycles. The predicted molar refractivity (Wildman–Crippen MR) is 76.2 cm³/mol. The highest BCUT2D eigenvalue weighted by Crippen LogP contribution is 2.27. The van der Waals surface area contributed by atoms with Crippen LogP contribution in [0.25, 0.3) is 0 Å². The summed E-state index contributed by atoms with van der Waals surface area (Å²) in [6.45, 7) is 6.52. The SMILES string of the molecule is CNC1(CO)CCN(c2cc(C)cc(C)c2)CC1. The summed E-state index contributed by atoms with van der Waals surface area (Å²) < 4.78 is 0. The van der Waals surface area contributed by atoms with Crippen molar-refractivity contribution in [1.29, 1.82) is 0 Å². The molecule has 1 aromatic carbocycles. The fraction of sp³-hybridized carbons (Fsp3) is 0.600. The van der Waals surface area contributed by atoms with E-state index in [4.69, 9.17) is 0 Å². The third-order valence-corrected chi connectivity index (χ3v) is 4.13. The maximum absolute atomic E-state index is 9.51. The first-order valence-electron chi connectivity index (χ1n) is 6.72. The molecule has 0 aromatic heterocycles. The van der Waals surface area contributed by atoms with Gasteiger partial charge in [-0.1, -0.05) is 6.07 Å². The summed E-state index contributed by atoms with van der Waals surface area (Å²) in [6.07, 6.45) is 1.99. The first kappa shape index (κ1) is 13.4. The molecule has 1 aromatic rings. The molecule has 1 aliphatic heterocycles. The topological polar surface area (TPSA) is 35.5 Å². The van der Waals surface area contributed by atoms with Gasteiger partial charge in [0.2, 0.25) is 0 Å². The number of piperidine rings is 1. The Morgan fingerprint density at radius 2 is 1.72 bits per heavy atom. The molecular formula is C15H24N2O. The molecule has 2 rings (SSSR count). The minimum absolute atomic E-state index is 0.0740. The van der Waals surface area contributed by atoms with Crippen molar-refractivity contribution in [1.82, 2.24) is 5.32 Å². The van der Waals surface area contributed by atoms with E-state index in [0.29, 0.717) is 0 Å². The fourth-order valence-electron chi connectivity index (χ4n) is 2.81. The van der Waals surface area contributed by atoms with Crippen molar-refractivity contribution in [2.24, 2.45) is 0 Å². The van der Waals surface area contributed by atoms with Gasteiger partial charge in [-0.2, -0.15) is 0 Å². The third kappa shape index (κ3) is 2.68. The van der Waals surface area contributed by atoms with Crippen LogP contribution in [0.5, 0.6) is 0 Å². The van der Waals surface area contributed by atoms with Crippen LogP contribution in [0.2, 0.25) is 0 Å². The Morgan fingerprint density at radius 3 is 2.17 bits per heavy atom. The number of likely N-dealkylation sites (N-methyl/N-ethyl adjacent to an activating group) is 1. The van der Waals surface area contributed by atoms with Gasteiger partial charge in [-0.3, -0.25) is 0 Å². The molecular weight excluding hydrogens is 224 g/mol. The Bertz CT molecular complexity index is 383. The van der Waals surface area contributed by atoms with Gasteiger partial charge in [0.15, 0.2) is 0 Å². The second-order valence-electron chi connectivity index (χ2n) is 5.52. The van der Waals surface area contributed by atoms with E-state index in [-0.39, 0.29) is 12.1 Å². The first-order valence-corrected chi connectivity index (χ1v) is 6.72. The Morgan fingerprint density at radius 1 is 1.17 bits per heavy atom. The van der Waals surface area contributed by atoms with E-state index in [0.717, 1.165) is 25.9 Å². The Kier molecular flexibility index (Phi) is 3.93. The average molecular weight is 248 g/mol. The summed E-state index contributed by atoms with van der Waals surface area (Å²) in [7, 11) is 1.95. The quantitative estimate of drug-likeness (QED) is 0.857. The number of hydrogen-bond donors (Lipinski definition) is 2. The summed E-state index contributed by atoms with van der Waals surface area (Å²) in [5, 5.41) is 12.8. The highest BCUT2D eigenvalue weighted by molar-refractivity contribution is 5.51. The molecule has 0 atom stereocenters. The van der Waals surface area contributed by atoms with Crippen LogP contribution in [-0.2, 0) is 0 Å². The normalized spacial score (nSPS) is 19.0. The number of nitrogens with one attached hydrogen (secondary N) is 1. The summed E-state index contributed by atoms with van der Waals surface area (Å²) in [5.74, 6) is 0. The molecule has 0 saturated carbocycles. The van der Waals surface area contributed by atoms with Crippen LogP contribution >= 0.6 is 0 Å². The zero-order valence-corrected chi connectivity index (χ0v) is 11.7. The molecule has 3 heteroatoms. The highest BCUT2D eigenvalue weighted by Gasteiger charge is 2.32. The van der Waals surface area contributed by atoms with Gasteiger partial charge >= 0.3 is 0 Å². The zero-order valence-electron chi connectivity index (χ0n) is 11.7. The molecule has 1 aliphatic rings. The van der Waals surface area contributed by atoms with E-state index < -0.39 is 0 Å². The van der Waals surface area contributed by atoms with E-state index >= 15 is 0 Å². The lowest BCUT2D eigenvalue weighted by Crippen LogP contribution is -2.54. The van der Waals surface area contributed by atoms with Gasteiger partial charge in [0.1, 0.15) is 0 Å². The molecule has 1 heterocycles. The smallest absolute Gasteiger partial charge is 0.0614 e. The van der Waals surface area contributed by atoms with Crippen molar-refractivity contribution in [2.45, 2.75) is 32.2 Å². The maximum Gasteiger partial charge on any atom is 0.0614 e. The maximum atomic E-state index is 9.51. The zero-order chi connectivity index (χ0) is 13.2. The lowest BCUT2D eigenvalue weighted by Gasteiger charge is -2.41. The van der Waals surface area contributed by atoms with Crippen LogP contribution in [0.3, 0.4) is 0 Å². The number of aliphatic hydroxyl groups excluding tert-OH is 1. The molecule has 0 spiro atoms. The van der Waals surface area contributed by atoms with Gasteiger partial charge in [-0.15, -0.1) is 0 Å². The standard InChI is InChI=1S/C15H24N2O/c1-12-8-13(2)10-14(9-12)17-6-4-15(11-18,16-3)5-7-17/h8-10,16,18H,4-7,11H2,1-3H3. The van der Waals surface area contributed by atoms with Crippen molar-refractivity contribution in [2.75, 3.05) is 31.6 Å². The van der Waals surface area contributed by atoms with Crippen LogP contribution in [-0.4, -0.2) is 37.4 Å². The van der Waals surface area contributed by atoms with Crippen LogP contribution in [0.4, 0.5) is 5.69 Å². The van der Waals surface area contributed by atoms with E-state index in [1.165, 1.54) is 16.8 Å². The molecule has 2 N–H and O–H groups in total. The Labute approximate surface area is 110 Å². The molecule has 0 amide bonds. The number of nitrogens with zero attached hydrogens (tertiary/aromatic N) is 1. The van der Waals surface area contributed by atoms with Crippen LogP contribution in [0.1, 0.15) is 24.0 Å². The summed E-state index contributed by atoms with van der Waals surface area (Å²) >= 11 is 0. The highest BCUT2D eigenvalue weighted by atomic mass is 16.3. The molecule has 100 valence electrons. The van der Waals surface area contributed by atoms with E-state index in [9.17, 15) is 5.11 Å². The predicted octanol–water partition coefficient (Wildman–Crippen LogP) is 1.85. The van der Waals surface area contributed by atoms with Crippen LogP contribution < -0.4 is 10.2 Å². The summed E-state index contributed by atoms with van der Waals surface area (Å²) in [6, 6.07) is 6.70. The number of benzene rings is 1. The van der Waals surface area contributed by atoms with Gasteiger partial charge in [-0.25, -0.2) is 0 Å². The summed E-state index contributed by atoms with van der Waals surface area (Å²) in [4.78, 5) is 2.42. The number of hydrogen-bond acceptors (Lipinski definition) is 3. The lowest BCUT2D eigenvalue weighted by atomic mass is 9.88. The largest absolute Gasteiger partial charge is 0.394 e. The number of anilines is 1. The molecule has 18 heavy (non-hydrogen) atoms. The second-order valence-corrected chi connectivity index (χ2v) is 5.52. The Balaban J connectivity index is 2.09. The number of aryl methyl sites for hydroxylation is 2. The molecule has 0 radical (unpaired) electrons. The number of rotatable bonds is 3. The van der Waals surface area contributed by atoms with Gasteiger partial charge in [0.05, 0.1) is 6.61 Å². The second kappa shape index (κ2) is 5.29. The minimum atomic E-state index is -0.0740. The monoisotopic (exact) mass is 248 g/mol. The summed E-state index contributed by atoms with van der Waals surface area (Å²) in [5.41, 5.74) is 3.88. The lowest BCUT2D eigenvalue weighted by molar-refractivity contribution is 0.142. The van der Waals surface area contributed by atoms with Gasteiger partial charge in [0, 0.05) is 24.3 Å². The van der Waals surface area contributed by atoms with Crippen molar-refractivity contribution in [3.8, 4) is 0 Å². The Hall–Kier alpha value is -1.06. The van der Waals surface area contributed by atoms with Gasteiger partial charge in [-0.05, 0) is 57.0 Å². The molecule has 3 nitrogen and oxygen atoms in total.